The number of amides is 1. The number of carbonyl (C=O) groups is 1. The van der Waals surface area contributed by atoms with E-state index in [2.05, 4.69) is 35.3 Å². The molecule has 0 aliphatic carbocycles. The van der Waals surface area contributed by atoms with Crippen molar-refractivity contribution < 1.29 is 4.79 Å². The molecule has 0 N–H and O–H groups in total. The standard InChI is InChI=1S/C18H24N2O/c21-18-11-10-16-8-2-3-9-17(16)20(18)15-7-6-14-19-12-4-1-5-13-19/h1-4,8-9H,5-7,10-15H2. The lowest BCUT2D eigenvalue weighted by atomic mass is 10.0. The summed E-state index contributed by atoms with van der Waals surface area (Å²) in [6, 6.07) is 8.33. The van der Waals surface area contributed by atoms with E-state index in [4.69, 9.17) is 0 Å². The van der Waals surface area contributed by atoms with Crippen molar-refractivity contribution in [3.8, 4) is 0 Å². The third kappa shape index (κ3) is 3.53. The normalized spacial score (nSPS) is 18.9. The first kappa shape index (κ1) is 14.3. The molecule has 2 aliphatic heterocycles. The molecule has 3 rings (SSSR count). The van der Waals surface area contributed by atoms with Gasteiger partial charge in [-0.25, -0.2) is 0 Å². The molecule has 1 aromatic carbocycles. The maximum atomic E-state index is 12.2. The van der Waals surface area contributed by atoms with Crippen molar-refractivity contribution in [3.05, 3.63) is 42.0 Å². The SMILES string of the molecule is O=C1CCc2ccccc2N1CCCCN1CC=CCC1. The number of rotatable bonds is 5. The Labute approximate surface area is 127 Å². The van der Waals surface area contributed by atoms with E-state index in [1.807, 2.05) is 11.0 Å². The quantitative estimate of drug-likeness (QED) is 0.613. The van der Waals surface area contributed by atoms with Gasteiger partial charge in [0.15, 0.2) is 0 Å². The van der Waals surface area contributed by atoms with E-state index in [1.165, 1.54) is 24.9 Å². The molecule has 0 fully saturated rings. The van der Waals surface area contributed by atoms with Crippen LogP contribution in [0, 0.1) is 0 Å². The molecule has 1 amide bonds. The summed E-state index contributed by atoms with van der Waals surface area (Å²) < 4.78 is 0. The maximum Gasteiger partial charge on any atom is 0.227 e. The highest BCUT2D eigenvalue weighted by Gasteiger charge is 2.22. The average Bonchev–Trinajstić information content (AvgIpc) is 2.54. The summed E-state index contributed by atoms with van der Waals surface area (Å²) >= 11 is 0. The molecule has 0 radical (unpaired) electrons. The number of para-hydroxylation sites is 1. The summed E-state index contributed by atoms with van der Waals surface area (Å²) in [5.74, 6) is 0.287. The van der Waals surface area contributed by atoms with Gasteiger partial charge >= 0.3 is 0 Å². The van der Waals surface area contributed by atoms with Crippen LogP contribution >= 0.6 is 0 Å². The summed E-state index contributed by atoms with van der Waals surface area (Å²) in [6.45, 7) is 4.28. The predicted octanol–water partition coefficient (Wildman–Crippen LogP) is 3.01. The van der Waals surface area contributed by atoms with E-state index in [9.17, 15) is 4.79 Å². The van der Waals surface area contributed by atoms with E-state index in [1.54, 1.807) is 0 Å². The number of unbranched alkanes of at least 4 members (excludes halogenated alkanes) is 1. The molecule has 2 aliphatic rings. The van der Waals surface area contributed by atoms with Gasteiger partial charge in [-0.05, 0) is 43.9 Å². The van der Waals surface area contributed by atoms with Crippen molar-refractivity contribution in [2.24, 2.45) is 0 Å². The van der Waals surface area contributed by atoms with Crippen molar-refractivity contribution in [2.75, 3.05) is 31.1 Å². The van der Waals surface area contributed by atoms with Gasteiger partial charge in [-0.2, -0.15) is 0 Å². The van der Waals surface area contributed by atoms with Gasteiger partial charge in [0, 0.05) is 31.7 Å². The van der Waals surface area contributed by atoms with Crippen LogP contribution in [0.4, 0.5) is 5.69 Å². The zero-order chi connectivity index (χ0) is 14.5. The first-order chi connectivity index (χ1) is 10.3. The minimum absolute atomic E-state index is 0.287. The van der Waals surface area contributed by atoms with Crippen molar-refractivity contribution in [2.45, 2.75) is 32.1 Å². The van der Waals surface area contributed by atoms with Crippen LogP contribution in [0.15, 0.2) is 36.4 Å². The van der Waals surface area contributed by atoms with E-state index >= 15 is 0 Å². The summed E-state index contributed by atoms with van der Waals surface area (Å²) in [4.78, 5) is 16.6. The number of aryl methyl sites for hydroxylation is 1. The van der Waals surface area contributed by atoms with Gasteiger partial charge in [0.1, 0.15) is 0 Å². The van der Waals surface area contributed by atoms with Crippen LogP contribution in [0.1, 0.15) is 31.2 Å². The number of anilines is 1. The van der Waals surface area contributed by atoms with Gasteiger partial charge in [0.05, 0.1) is 0 Å². The van der Waals surface area contributed by atoms with Crippen molar-refractivity contribution in [1.82, 2.24) is 4.90 Å². The molecular formula is C18H24N2O. The second-order valence-corrected chi connectivity index (χ2v) is 5.94. The molecule has 0 spiro atoms. The molecule has 2 heterocycles. The van der Waals surface area contributed by atoms with Crippen molar-refractivity contribution in [3.63, 3.8) is 0 Å². The Kier molecular flexibility index (Phi) is 4.71. The summed E-state index contributed by atoms with van der Waals surface area (Å²) in [5, 5.41) is 0. The third-order valence-corrected chi connectivity index (χ3v) is 4.44. The van der Waals surface area contributed by atoms with Gasteiger partial charge in [-0.3, -0.25) is 9.69 Å². The predicted molar refractivity (Wildman–Crippen MR) is 86.5 cm³/mol. The van der Waals surface area contributed by atoms with Gasteiger partial charge in [0.2, 0.25) is 5.91 Å². The monoisotopic (exact) mass is 284 g/mol. The molecule has 1 aromatic rings. The number of benzene rings is 1. The zero-order valence-corrected chi connectivity index (χ0v) is 12.6. The molecule has 0 saturated heterocycles. The summed E-state index contributed by atoms with van der Waals surface area (Å²) in [5.41, 5.74) is 2.45. The number of nitrogens with zero attached hydrogens (tertiary/aromatic N) is 2. The largest absolute Gasteiger partial charge is 0.312 e. The Hall–Kier alpha value is -1.61. The Morgan fingerprint density at radius 1 is 1.00 bits per heavy atom. The highest BCUT2D eigenvalue weighted by Crippen LogP contribution is 2.27. The van der Waals surface area contributed by atoms with Crippen LogP contribution in [-0.2, 0) is 11.2 Å². The third-order valence-electron chi connectivity index (χ3n) is 4.44. The van der Waals surface area contributed by atoms with Crippen LogP contribution in [0.2, 0.25) is 0 Å². The molecule has 0 atom stereocenters. The summed E-state index contributed by atoms with van der Waals surface area (Å²) in [7, 11) is 0. The Morgan fingerprint density at radius 3 is 2.71 bits per heavy atom. The smallest absolute Gasteiger partial charge is 0.227 e. The van der Waals surface area contributed by atoms with Crippen LogP contribution in [0.5, 0.6) is 0 Å². The van der Waals surface area contributed by atoms with Crippen molar-refractivity contribution >= 4 is 11.6 Å². The minimum Gasteiger partial charge on any atom is -0.312 e. The van der Waals surface area contributed by atoms with Crippen LogP contribution in [0.25, 0.3) is 0 Å². The fraction of sp³-hybridized carbons (Fsp3) is 0.500. The van der Waals surface area contributed by atoms with Crippen molar-refractivity contribution in [1.29, 1.82) is 0 Å². The van der Waals surface area contributed by atoms with Gasteiger partial charge in [-0.1, -0.05) is 30.4 Å². The maximum absolute atomic E-state index is 12.2. The van der Waals surface area contributed by atoms with E-state index in [0.29, 0.717) is 6.42 Å². The lowest BCUT2D eigenvalue weighted by molar-refractivity contribution is -0.118. The highest BCUT2D eigenvalue weighted by molar-refractivity contribution is 5.96. The molecular weight excluding hydrogens is 260 g/mol. The fourth-order valence-corrected chi connectivity index (χ4v) is 3.24. The molecule has 21 heavy (non-hydrogen) atoms. The fourth-order valence-electron chi connectivity index (χ4n) is 3.24. The van der Waals surface area contributed by atoms with E-state index < -0.39 is 0 Å². The molecule has 0 aromatic heterocycles. The zero-order valence-electron chi connectivity index (χ0n) is 12.6. The first-order valence-electron chi connectivity index (χ1n) is 8.10. The van der Waals surface area contributed by atoms with E-state index in [-0.39, 0.29) is 5.91 Å². The molecule has 0 saturated carbocycles. The van der Waals surface area contributed by atoms with Crippen LogP contribution in [0.3, 0.4) is 0 Å². The van der Waals surface area contributed by atoms with Gasteiger partial charge < -0.3 is 4.90 Å². The highest BCUT2D eigenvalue weighted by atomic mass is 16.2. The minimum atomic E-state index is 0.287. The Balaban J connectivity index is 1.50. The Morgan fingerprint density at radius 2 is 1.86 bits per heavy atom. The topological polar surface area (TPSA) is 23.6 Å². The Bertz CT molecular complexity index is 524. The summed E-state index contributed by atoms with van der Waals surface area (Å²) in [6.07, 6.45) is 9.51. The number of fused-ring (bicyclic) bond motifs is 1. The first-order valence-corrected chi connectivity index (χ1v) is 8.10. The number of carbonyl (C=O) groups excluding carboxylic acids is 1. The van der Waals surface area contributed by atoms with Crippen LogP contribution in [-0.4, -0.2) is 37.0 Å². The average molecular weight is 284 g/mol. The van der Waals surface area contributed by atoms with Gasteiger partial charge in [0.25, 0.3) is 0 Å². The lowest BCUT2D eigenvalue weighted by Crippen LogP contribution is -2.36. The molecule has 112 valence electrons. The number of hydrogen-bond donors (Lipinski definition) is 0. The molecule has 0 unspecified atom stereocenters. The lowest BCUT2D eigenvalue weighted by Gasteiger charge is -2.30. The second kappa shape index (κ2) is 6.90. The second-order valence-electron chi connectivity index (χ2n) is 5.94. The van der Waals surface area contributed by atoms with E-state index in [0.717, 1.165) is 38.2 Å². The number of hydrogen-bond acceptors (Lipinski definition) is 2. The van der Waals surface area contributed by atoms with Gasteiger partial charge in [-0.15, -0.1) is 0 Å². The molecule has 0 bridgehead atoms. The van der Waals surface area contributed by atoms with Crippen LogP contribution < -0.4 is 4.90 Å². The molecule has 3 nitrogen and oxygen atoms in total. The molecule has 3 heteroatoms.